The van der Waals surface area contributed by atoms with Crippen LogP contribution in [0, 0.1) is 18.8 Å². The number of carbonyl (C=O) groups is 2. The van der Waals surface area contributed by atoms with E-state index in [1.807, 2.05) is 17.9 Å². The Bertz CT molecular complexity index is 2110. The van der Waals surface area contributed by atoms with E-state index in [1.165, 1.54) is 10.4 Å². The number of halogens is 1. The van der Waals surface area contributed by atoms with E-state index in [-0.39, 0.29) is 34.6 Å². The smallest absolute Gasteiger partial charge is 0.341 e. The fourth-order valence-corrected chi connectivity index (χ4v) is 10.1. The number of nitrogens with one attached hydrogen (secondary N) is 1. The quantitative estimate of drug-likeness (QED) is 0.342. The summed E-state index contributed by atoms with van der Waals surface area (Å²) in [6.45, 7) is 7.73. The Hall–Kier alpha value is -3.69. The molecule has 2 unspecified atom stereocenters. The van der Waals surface area contributed by atoms with Gasteiger partial charge in [0.1, 0.15) is 5.58 Å². The van der Waals surface area contributed by atoms with Crippen LogP contribution in [0.1, 0.15) is 56.7 Å². The molecule has 1 N–H and O–H groups in total. The van der Waals surface area contributed by atoms with E-state index in [0.29, 0.717) is 74.4 Å². The fraction of sp³-hybridized carbons (Fsp3) is 0.541. The number of fused-ring (bicyclic) bond motifs is 4. The van der Waals surface area contributed by atoms with Crippen LogP contribution in [0.5, 0.6) is 0 Å². The molecule has 0 radical (unpaired) electrons. The zero-order chi connectivity index (χ0) is 36.5. The lowest BCUT2D eigenvalue weighted by atomic mass is 9.95. The number of amides is 2. The highest BCUT2D eigenvalue weighted by Gasteiger charge is 2.46. The molecule has 13 nitrogen and oxygen atoms in total. The Balaban J connectivity index is 1.06. The number of anilines is 2. The van der Waals surface area contributed by atoms with Gasteiger partial charge in [-0.25, -0.2) is 9.52 Å². The molecule has 3 atom stereocenters. The highest BCUT2D eigenvalue weighted by Crippen LogP contribution is 2.47. The minimum atomic E-state index is -4.04. The molecule has 1 aliphatic carbocycles. The number of hydrogen-bond acceptors (Lipinski definition) is 10. The van der Waals surface area contributed by atoms with Crippen molar-refractivity contribution >= 4 is 56.0 Å². The normalized spacial score (nSPS) is 23.6. The van der Waals surface area contributed by atoms with Gasteiger partial charge in [-0.2, -0.15) is 12.7 Å². The van der Waals surface area contributed by atoms with Crippen molar-refractivity contribution in [2.45, 2.75) is 45.2 Å². The summed E-state index contributed by atoms with van der Waals surface area (Å²) in [4.78, 5) is 49.6. The molecule has 3 saturated heterocycles. The number of hydrogen-bond donors (Lipinski definition) is 1. The lowest BCUT2D eigenvalue weighted by molar-refractivity contribution is 0.0732. The molecule has 4 aliphatic heterocycles. The molecular formula is C37H45ClN6O7S. The van der Waals surface area contributed by atoms with E-state index in [1.54, 1.807) is 18.1 Å². The molecule has 278 valence electrons. The van der Waals surface area contributed by atoms with Gasteiger partial charge in [0.2, 0.25) is 0 Å². The average Bonchev–Trinajstić information content (AvgIpc) is 3.45. The van der Waals surface area contributed by atoms with Gasteiger partial charge < -0.3 is 23.9 Å². The standard InChI is InChI=1S/C37H45ClN6O7S/c1-22-31(41-13-12-40(2)26(19-41)21-50-3)7-6-28-27-8-11-42(20-29(27)37(47)51-34(22)28)36(46)23-15-30(38)33(32(16-23)43-17-24-14-25(24)18-43)35(45)39-52(48,49)44-9-4-5-10-44/h6-7,15-16,24-26H,4-5,8-14,17-21H2,1-3H3,(H,39,45)/t24?,25?,26-/m1/s1. The van der Waals surface area contributed by atoms with E-state index >= 15 is 0 Å². The van der Waals surface area contributed by atoms with Crippen LogP contribution < -0.4 is 20.1 Å². The molecule has 5 heterocycles. The first kappa shape index (κ1) is 35.3. The molecular weight excluding hydrogens is 708 g/mol. The average molecular weight is 753 g/mol. The van der Waals surface area contributed by atoms with Crippen molar-refractivity contribution in [2.24, 2.45) is 11.8 Å². The summed E-state index contributed by atoms with van der Waals surface area (Å²) in [6, 6.07) is 7.46. The molecule has 4 fully saturated rings. The van der Waals surface area contributed by atoms with Crippen molar-refractivity contribution < 1.29 is 27.2 Å². The number of methoxy groups -OCH3 is 1. The van der Waals surface area contributed by atoms with E-state index in [4.69, 9.17) is 20.8 Å². The molecule has 3 aromatic rings. The summed E-state index contributed by atoms with van der Waals surface area (Å²) >= 11 is 6.77. The summed E-state index contributed by atoms with van der Waals surface area (Å²) in [5, 5.41) is 0.876. The zero-order valence-corrected chi connectivity index (χ0v) is 31.4. The van der Waals surface area contributed by atoms with Gasteiger partial charge in [0.05, 0.1) is 41.0 Å². The first-order chi connectivity index (χ1) is 24.9. The maximum atomic E-state index is 14.1. The second-order valence-corrected chi connectivity index (χ2v) is 17.1. The Kier molecular flexibility index (Phi) is 9.26. The Morgan fingerprint density at radius 2 is 1.73 bits per heavy atom. The molecule has 1 aromatic heterocycles. The van der Waals surface area contributed by atoms with Crippen LogP contribution in [-0.4, -0.2) is 114 Å². The van der Waals surface area contributed by atoms with Gasteiger partial charge >= 0.3 is 15.8 Å². The number of ether oxygens (including phenoxy) is 1. The maximum Gasteiger partial charge on any atom is 0.341 e. The van der Waals surface area contributed by atoms with Crippen molar-refractivity contribution in [2.75, 3.05) is 82.9 Å². The summed E-state index contributed by atoms with van der Waals surface area (Å²) in [5.41, 5.74) is 4.16. The molecule has 8 rings (SSSR count). The Labute approximate surface area is 308 Å². The lowest BCUT2D eigenvalue weighted by Gasteiger charge is -2.41. The second-order valence-electron chi connectivity index (χ2n) is 15.0. The number of piperazine rings is 1. The van der Waals surface area contributed by atoms with E-state index in [9.17, 15) is 22.8 Å². The van der Waals surface area contributed by atoms with Crippen LogP contribution in [0.25, 0.3) is 11.0 Å². The largest absolute Gasteiger partial charge is 0.422 e. The predicted molar refractivity (Wildman–Crippen MR) is 199 cm³/mol. The van der Waals surface area contributed by atoms with E-state index in [2.05, 4.69) is 27.6 Å². The van der Waals surface area contributed by atoms with Crippen LogP contribution in [0.15, 0.2) is 33.5 Å². The van der Waals surface area contributed by atoms with Crippen LogP contribution in [0.3, 0.4) is 0 Å². The lowest BCUT2D eigenvalue weighted by Crippen LogP contribution is -2.53. The molecule has 1 saturated carbocycles. The third kappa shape index (κ3) is 6.36. The summed E-state index contributed by atoms with van der Waals surface area (Å²) in [5.74, 6) is -0.141. The van der Waals surface area contributed by atoms with Crippen molar-refractivity contribution in [1.82, 2.24) is 18.8 Å². The molecule has 0 spiro atoms. The van der Waals surface area contributed by atoms with Crippen molar-refractivity contribution in [3.8, 4) is 0 Å². The number of nitrogens with zero attached hydrogens (tertiary/aromatic N) is 5. The highest BCUT2D eigenvalue weighted by molar-refractivity contribution is 7.87. The Morgan fingerprint density at radius 1 is 0.981 bits per heavy atom. The van der Waals surface area contributed by atoms with Crippen LogP contribution in [0.4, 0.5) is 11.4 Å². The highest BCUT2D eigenvalue weighted by atomic mass is 35.5. The number of carbonyl (C=O) groups excluding carboxylic acids is 2. The zero-order valence-electron chi connectivity index (χ0n) is 29.8. The van der Waals surface area contributed by atoms with Crippen molar-refractivity contribution in [3.05, 3.63) is 67.5 Å². The predicted octanol–water partition coefficient (Wildman–Crippen LogP) is 3.25. The first-order valence-electron chi connectivity index (χ1n) is 18.2. The third-order valence-electron chi connectivity index (χ3n) is 11.7. The number of likely N-dealkylation sites (N-methyl/N-ethyl adjacent to an activating group) is 1. The Morgan fingerprint density at radius 3 is 2.46 bits per heavy atom. The first-order valence-corrected chi connectivity index (χ1v) is 20.0. The van der Waals surface area contributed by atoms with E-state index in [0.717, 1.165) is 61.1 Å². The summed E-state index contributed by atoms with van der Waals surface area (Å²) in [6.07, 6.45) is 3.06. The van der Waals surface area contributed by atoms with Crippen LogP contribution >= 0.6 is 11.6 Å². The van der Waals surface area contributed by atoms with Gasteiger partial charge in [0, 0.05) is 81.7 Å². The molecule has 0 bridgehead atoms. The maximum absolute atomic E-state index is 14.1. The van der Waals surface area contributed by atoms with Gasteiger partial charge in [-0.3, -0.25) is 14.5 Å². The molecule has 15 heteroatoms. The van der Waals surface area contributed by atoms with Gasteiger partial charge in [-0.15, -0.1) is 0 Å². The topological polar surface area (TPSA) is 136 Å². The molecule has 52 heavy (non-hydrogen) atoms. The van der Waals surface area contributed by atoms with Crippen LogP contribution in [-0.2, 0) is 27.9 Å². The molecule has 2 amide bonds. The van der Waals surface area contributed by atoms with Crippen molar-refractivity contribution in [1.29, 1.82) is 0 Å². The second kappa shape index (κ2) is 13.6. The summed E-state index contributed by atoms with van der Waals surface area (Å²) in [7, 11) is -0.219. The monoisotopic (exact) mass is 752 g/mol. The third-order valence-corrected chi connectivity index (χ3v) is 13.5. The number of aryl methyl sites for hydroxylation is 1. The molecule has 2 aromatic carbocycles. The van der Waals surface area contributed by atoms with Gasteiger partial charge in [-0.05, 0) is 81.3 Å². The minimum absolute atomic E-state index is 0.00127. The number of benzene rings is 2. The molecule has 5 aliphatic rings. The van der Waals surface area contributed by atoms with Crippen molar-refractivity contribution in [3.63, 3.8) is 0 Å². The fourth-order valence-electron chi connectivity index (χ4n) is 8.63. The van der Waals surface area contributed by atoms with Gasteiger partial charge in [0.15, 0.2) is 0 Å². The SMILES string of the molecule is COC[C@H]1CN(c2ccc3c4c(c(=O)oc3c2C)CN(C(=O)c2cc(Cl)c(C(=O)NS(=O)(=O)N3CCCC3)c(N3CC5CC5C3)c2)CC4)CCN1C. The number of rotatable bonds is 8. The van der Waals surface area contributed by atoms with Gasteiger partial charge in [0.25, 0.3) is 11.8 Å². The van der Waals surface area contributed by atoms with Crippen LogP contribution in [0.2, 0.25) is 5.02 Å². The number of piperidine rings is 1. The van der Waals surface area contributed by atoms with Gasteiger partial charge in [-0.1, -0.05) is 11.6 Å². The minimum Gasteiger partial charge on any atom is -0.422 e. The summed E-state index contributed by atoms with van der Waals surface area (Å²) < 4.78 is 40.9. The van der Waals surface area contributed by atoms with E-state index < -0.39 is 21.7 Å².